The second kappa shape index (κ2) is 9.40. The molecule has 0 radical (unpaired) electrons. The van der Waals surface area contributed by atoms with Crippen molar-refractivity contribution >= 4 is 34.8 Å². The van der Waals surface area contributed by atoms with Crippen LogP contribution in [0.2, 0.25) is 5.02 Å². The zero-order chi connectivity index (χ0) is 26.3. The Labute approximate surface area is 213 Å². The Bertz CT molecular complexity index is 1530. The number of amides is 2. The number of rotatable bonds is 3. The Morgan fingerprint density at radius 2 is 1.65 bits per heavy atom. The predicted octanol–water partition coefficient (Wildman–Crippen LogP) is 6.76. The molecule has 1 aliphatic rings. The van der Waals surface area contributed by atoms with E-state index >= 15 is 0 Å². The van der Waals surface area contributed by atoms with Crippen molar-refractivity contribution in [2.24, 2.45) is 0 Å². The molecule has 0 fully saturated rings. The molecule has 188 valence electrons. The van der Waals surface area contributed by atoms with Gasteiger partial charge in [0.2, 0.25) is 0 Å². The van der Waals surface area contributed by atoms with E-state index in [4.69, 9.17) is 11.6 Å². The van der Waals surface area contributed by atoms with E-state index in [9.17, 15) is 27.2 Å². The lowest BCUT2D eigenvalue weighted by Crippen LogP contribution is -2.30. The van der Waals surface area contributed by atoms with Gasteiger partial charge in [0.15, 0.2) is 0 Å². The highest BCUT2D eigenvalue weighted by molar-refractivity contribution is 6.35. The number of anilines is 2. The smallest absolute Gasteiger partial charge is 0.345 e. The summed E-state index contributed by atoms with van der Waals surface area (Å²) in [6, 6.07) is 17.3. The highest BCUT2D eigenvalue weighted by Gasteiger charge is 2.32. The fourth-order valence-corrected chi connectivity index (χ4v) is 4.51. The molecule has 0 saturated carbocycles. The van der Waals surface area contributed by atoms with E-state index in [-0.39, 0.29) is 28.2 Å². The maximum absolute atomic E-state index is 14.2. The number of hydrogen-bond donors (Lipinski definition) is 1. The Kier molecular flexibility index (Phi) is 6.25. The number of nitrogens with zero attached hydrogens (tertiary/aromatic N) is 2. The van der Waals surface area contributed by atoms with Crippen LogP contribution in [-0.2, 0) is 19.3 Å². The second-order valence-electron chi connectivity index (χ2n) is 8.49. The van der Waals surface area contributed by atoms with Crippen molar-refractivity contribution in [2.75, 3.05) is 10.2 Å². The Balaban J connectivity index is 1.39. The molecule has 1 aliphatic heterocycles. The molecule has 1 aromatic heterocycles. The summed E-state index contributed by atoms with van der Waals surface area (Å²) in [6.45, 7) is 0.937. The van der Waals surface area contributed by atoms with Crippen LogP contribution < -0.4 is 10.2 Å². The van der Waals surface area contributed by atoms with Crippen molar-refractivity contribution in [1.29, 1.82) is 0 Å². The van der Waals surface area contributed by atoms with Gasteiger partial charge in [0, 0.05) is 29.8 Å². The number of carbonyl (C=O) groups is 2. The molecule has 2 heterocycles. The monoisotopic (exact) mass is 527 g/mol. The van der Waals surface area contributed by atoms with Crippen LogP contribution in [0.1, 0.15) is 37.5 Å². The van der Waals surface area contributed by atoms with Crippen LogP contribution in [0.3, 0.4) is 0 Å². The number of hydrogen-bond acceptors (Lipinski definition) is 2. The van der Waals surface area contributed by atoms with E-state index in [0.29, 0.717) is 19.2 Å². The molecule has 4 aromatic rings. The molecule has 1 N–H and O–H groups in total. The number of halogens is 5. The molecule has 10 heteroatoms. The van der Waals surface area contributed by atoms with Gasteiger partial charge in [-0.25, -0.2) is 4.39 Å². The van der Waals surface area contributed by atoms with E-state index in [1.54, 1.807) is 4.90 Å². The van der Waals surface area contributed by atoms with Gasteiger partial charge in [-0.05, 0) is 60.2 Å². The standard InChI is InChI=1S/C27H18ClF4N3O2/c28-22-13-18(33-25(36)21-9-7-17(12-23(21)29)27(30,31)32)8-10-20(22)26(37)35-15-19-5-3-11-34(19)14-16-4-1-2-6-24(16)35/h1-13H,14-15H2,(H,33,36). The van der Waals surface area contributed by atoms with Gasteiger partial charge in [-0.2, -0.15) is 13.2 Å². The molecule has 0 bridgehead atoms. The summed E-state index contributed by atoms with van der Waals surface area (Å²) in [4.78, 5) is 27.7. The van der Waals surface area contributed by atoms with Crippen LogP contribution >= 0.6 is 11.6 Å². The predicted molar refractivity (Wildman–Crippen MR) is 131 cm³/mol. The highest BCUT2D eigenvalue weighted by atomic mass is 35.5. The van der Waals surface area contributed by atoms with Crippen molar-refractivity contribution in [1.82, 2.24) is 4.57 Å². The Hall–Kier alpha value is -4.11. The van der Waals surface area contributed by atoms with E-state index in [2.05, 4.69) is 9.88 Å². The van der Waals surface area contributed by atoms with Crippen LogP contribution in [0.15, 0.2) is 79.0 Å². The number of fused-ring (bicyclic) bond motifs is 2. The van der Waals surface area contributed by atoms with Gasteiger partial charge in [-0.15, -0.1) is 0 Å². The molecule has 0 saturated heterocycles. The molecule has 5 nitrogen and oxygen atoms in total. The van der Waals surface area contributed by atoms with Crippen LogP contribution in [0, 0.1) is 5.82 Å². The summed E-state index contributed by atoms with van der Waals surface area (Å²) in [5.74, 6) is -2.61. The fraction of sp³-hybridized carbons (Fsp3) is 0.111. The second-order valence-corrected chi connectivity index (χ2v) is 8.90. The average molecular weight is 528 g/mol. The molecule has 0 spiro atoms. The summed E-state index contributed by atoms with van der Waals surface area (Å²) in [5.41, 5.74) is 1.24. The van der Waals surface area contributed by atoms with Gasteiger partial charge in [0.25, 0.3) is 11.8 Å². The maximum atomic E-state index is 14.2. The summed E-state index contributed by atoms with van der Waals surface area (Å²) in [5, 5.41) is 2.45. The third kappa shape index (κ3) is 4.82. The summed E-state index contributed by atoms with van der Waals surface area (Å²) < 4.78 is 54.6. The fourth-order valence-electron chi connectivity index (χ4n) is 4.25. The number of para-hydroxylation sites is 1. The Morgan fingerprint density at radius 1 is 0.892 bits per heavy atom. The number of alkyl halides is 3. The first-order chi connectivity index (χ1) is 17.6. The highest BCUT2D eigenvalue weighted by Crippen LogP contribution is 2.32. The minimum absolute atomic E-state index is 0.0489. The van der Waals surface area contributed by atoms with Gasteiger partial charge in [-0.1, -0.05) is 29.8 Å². The third-order valence-electron chi connectivity index (χ3n) is 6.11. The summed E-state index contributed by atoms with van der Waals surface area (Å²) >= 11 is 6.42. The topological polar surface area (TPSA) is 54.3 Å². The first-order valence-electron chi connectivity index (χ1n) is 11.1. The first kappa shape index (κ1) is 24.6. The summed E-state index contributed by atoms with van der Waals surface area (Å²) in [6.07, 6.45) is -2.78. The largest absolute Gasteiger partial charge is 0.416 e. The van der Waals surface area contributed by atoms with Gasteiger partial charge >= 0.3 is 6.18 Å². The van der Waals surface area contributed by atoms with Crippen molar-refractivity contribution in [3.63, 3.8) is 0 Å². The molecule has 0 unspecified atom stereocenters. The van der Waals surface area contributed by atoms with E-state index in [1.807, 2.05) is 42.6 Å². The van der Waals surface area contributed by atoms with Crippen LogP contribution in [0.5, 0.6) is 0 Å². The quantitative estimate of drug-likeness (QED) is 0.299. The third-order valence-corrected chi connectivity index (χ3v) is 6.42. The Morgan fingerprint density at radius 3 is 2.38 bits per heavy atom. The molecular formula is C27H18ClF4N3O2. The van der Waals surface area contributed by atoms with Gasteiger partial charge < -0.3 is 14.8 Å². The van der Waals surface area contributed by atoms with Crippen LogP contribution in [0.4, 0.5) is 28.9 Å². The molecule has 0 atom stereocenters. The van der Waals surface area contributed by atoms with Crippen molar-refractivity contribution < 1.29 is 27.2 Å². The van der Waals surface area contributed by atoms with Crippen molar-refractivity contribution in [3.05, 3.63) is 118 Å². The zero-order valence-corrected chi connectivity index (χ0v) is 19.8. The minimum atomic E-state index is -4.73. The first-order valence-corrected chi connectivity index (χ1v) is 11.5. The summed E-state index contributed by atoms with van der Waals surface area (Å²) in [7, 11) is 0. The molecule has 2 amide bonds. The van der Waals surface area contributed by atoms with E-state index < -0.39 is 29.0 Å². The van der Waals surface area contributed by atoms with Crippen molar-refractivity contribution in [2.45, 2.75) is 19.3 Å². The van der Waals surface area contributed by atoms with Crippen LogP contribution in [-0.4, -0.2) is 16.4 Å². The molecular weight excluding hydrogens is 510 g/mol. The van der Waals surface area contributed by atoms with Gasteiger partial charge in [0.1, 0.15) is 5.82 Å². The molecule has 5 rings (SSSR count). The minimum Gasteiger partial charge on any atom is -0.345 e. The lowest BCUT2D eigenvalue weighted by atomic mass is 10.1. The van der Waals surface area contributed by atoms with Gasteiger partial charge in [0.05, 0.1) is 28.3 Å². The molecule has 0 aliphatic carbocycles. The number of aromatic nitrogens is 1. The SMILES string of the molecule is O=C(Nc1ccc(C(=O)N2Cc3cccn3Cc3ccccc32)c(Cl)c1)c1ccc(C(F)(F)F)cc1F. The number of benzene rings is 3. The lowest BCUT2D eigenvalue weighted by Gasteiger charge is -2.23. The van der Waals surface area contributed by atoms with E-state index in [0.717, 1.165) is 23.0 Å². The molecule has 3 aromatic carbocycles. The normalized spacial score (nSPS) is 12.9. The lowest BCUT2D eigenvalue weighted by molar-refractivity contribution is -0.137. The van der Waals surface area contributed by atoms with Crippen LogP contribution in [0.25, 0.3) is 0 Å². The van der Waals surface area contributed by atoms with Gasteiger partial charge in [-0.3, -0.25) is 9.59 Å². The van der Waals surface area contributed by atoms with E-state index in [1.165, 1.54) is 18.2 Å². The zero-order valence-electron chi connectivity index (χ0n) is 19.0. The number of carbonyl (C=O) groups excluding carboxylic acids is 2. The molecule has 37 heavy (non-hydrogen) atoms. The average Bonchev–Trinajstić information content (AvgIpc) is 3.22. The number of nitrogens with one attached hydrogen (secondary N) is 1. The van der Waals surface area contributed by atoms with Crippen molar-refractivity contribution in [3.8, 4) is 0 Å². The maximum Gasteiger partial charge on any atom is 0.416 e.